The number of carboxylic acid groups (broad SMARTS) is 1. The largest absolute Gasteiger partial charge is 0.503 e. The van der Waals surface area contributed by atoms with Gasteiger partial charge in [-0.3, -0.25) is 4.79 Å². The van der Waals surface area contributed by atoms with E-state index in [1.54, 1.807) is 12.1 Å². The molecule has 6 nitrogen and oxygen atoms in total. The Labute approximate surface area is 189 Å². The first kappa shape index (κ1) is 21.5. The predicted molar refractivity (Wildman–Crippen MR) is 123 cm³/mol. The van der Waals surface area contributed by atoms with E-state index < -0.39 is 11.4 Å². The third-order valence-corrected chi connectivity index (χ3v) is 5.88. The number of hydrogen-bond acceptors (Lipinski definition) is 5. The van der Waals surface area contributed by atoms with Crippen LogP contribution in [0.15, 0.2) is 83.5 Å². The Kier molecular flexibility index (Phi) is 5.88. The van der Waals surface area contributed by atoms with Crippen molar-refractivity contribution in [1.82, 2.24) is 5.16 Å². The van der Waals surface area contributed by atoms with Gasteiger partial charge in [-0.15, -0.1) is 0 Å². The van der Waals surface area contributed by atoms with Crippen molar-refractivity contribution in [2.45, 2.75) is 18.3 Å². The van der Waals surface area contributed by atoms with Gasteiger partial charge < -0.3 is 20.5 Å². The Hall–Kier alpha value is -3.77. The van der Waals surface area contributed by atoms with Gasteiger partial charge in [-0.1, -0.05) is 77.4 Å². The first-order valence-electron chi connectivity index (χ1n) is 9.99. The summed E-state index contributed by atoms with van der Waals surface area (Å²) in [5, 5.41) is 23.2. The van der Waals surface area contributed by atoms with Crippen molar-refractivity contribution in [3.8, 4) is 28.2 Å². The van der Waals surface area contributed by atoms with Crippen molar-refractivity contribution in [3.05, 3.63) is 89.6 Å². The summed E-state index contributed by atoms with van der Waals surface area (Å²) in [5.41, 5.74) is 8.97. The number of aliphatic carboxylic acids is 1. The summed E-state index contributed by atoms with van der Waals surface area (Å²) in [6, 6.07) is 22.5. The molecule has 1 aliphatic carbocycles. The molecule has 32 heavy (non-hydrogen) atoms. The molecule has 0 spiro atoms. The molecule has 7 heteroatoms. The highest BCUT2D eigenvalue weighted by Gasteiger charge is 2.51. The normalized spacial score (nSPS) is 13.7. The van der Waals surface area contributed by atoms with E-state index in [-0.39, 0.29) is 5.75 Å². The summed E-state index contributed by atoms with van der Waals surface area (Å²) in [4.78, 5) is 11.4. The summed E-state index contributed by atoms with van der Waals surface area (Å²) in [6.07, 6.45) is 2.67. The van der Waals surface area contributed by atoms with Crippen molar-refractivity contribution in [1.29, 1.82) is 0 Å². The van der Waals surface area contributed by atoms with Crippen molar-refractivity contribution in [3.63, 3.8) is 0 Å². The first-order chi connectivity index (χ1) is 15.4. The number of benzene rings is 3. The summed E-state index contributed by atoms with van der Waals surface area (Å²) in [6.45, 7) is 0. The van der Waals surface area contributed by atoms with E-state index in [2.05, 4.69) is 5.16 Å². The number of para-hydroxylation sites is 1. The van der Waals surface area contributed by atoms with Crippen LogP contribution >= 0.6 is 11.6 Å². The van der Waals surface area contributed by atoms with Crippen LogP contribution in [-0.2, 0) is 10.2 Å². The van der Waals surface area contributed by atoms with Crippen molar-refractivity contribution >= 4 is 23.3 Å². The maximum atomic E-state index is 11.4. The quantitative estimate of drug-likeness (QED) is 0.343. The van der Waals surface area contributed by atoms with E-state index in [1.165, 1.54) is 6.20 Å². The number of rotatable bonds is 4. The molecule has 0 radical (unpaired) electrons. The fourth-order valence-electron chi connectivity index (χ4n) is 3.46. The number of nitrogens with zero attached hydrogens (tertiary/aromatic N) is 1. The molecule has 4 aromatic rings. The maximum Gasteiger partial charge on any atom is 0.314 e. The van der Waals surface area contributed by atoms with Crippen molar-refractivity contribution in [2.24, 2.45) is 0 Å². The van der Waals surface area contributed by atoms with Crippen LogP contribution in [0.2, 0.25) is 5.02 Å². The summed E-state index contributed by atoms with van der Waals surface area (Å²) < 4.78 is 5.02. The number of aromatic hydroxyl groups is 1. The summed E-state index contributed by atoms with van der Waals surface area (Å²) in [7, 11) is 0. The van der Waals surface area contributed by atoms with Crippen molar-refractivity contribution < 1.29 is 19.5 Å². The molecule has 1 fully saturated rings. The number of nitrogen functional groups attached to an aromatic ring is 1. The lowest BCUT2D eigenvalue weighted by molar-refractivity contribution is -0.140. The Balaban J connectivity index is 0.000000260. The second-order valence-electron chi connectivity index (χ2n) is 7.60. The third kappa shape index (κ3) is 4.31. The minimum absolute atomic E-state index is 0.00973. The predicted octanol–water partition coefficient (Wildman–Crippen LogP) is 5.75. The van der Waals surface area contributed by atoms with Gasteiger partial charge in [0.1, 0.15) is 6.20 Å². The number of nitrogens with two attached hydrogens (primary N) is 1. The lowest BCUT2D eigenvalue weighted by Crippen LogP contribution is -2.19. The molecule has 5 rings (SSSR count). The number of carbonyl (C=O) groups is 1. The second kappa shape index (κ2) is 8.77. The lowest BCUT2D eigenvalue weighted by atomic mass is 9.93. The van der Waals surface area contributed by atoms with Crippen LogP contribution in [0.1, 0.15) is 18.4 Å². The minimum Gasteiger partial charge on any atom is -0.503 e. The molecule has 1 heterocycles. The molecule has 3 aromatic carbocycles. The van der Waals surface area contributed by atoms with Gasteiger partial charge >= 0.3 is 5.97 Å². The third-order valence-electron chi connectivity index (χ3n) is 5.53. The Morgan fingerprint density at radius 2 is 1.50 bits per heavy atom. The van der Waals surface area contributed by atoms with Gasteiger partial charge in [0.2, 0.25) is 5.76 Å². The van der Waals surface area contributed by atoms with E-state index in [1.807, 2.05) is 60.7 Å². The van der Waals surface area contributed by atoms with Gasteiger partial charge in [0.05, 0.1) is 16.1 Å². The first-order valence-corrected chi connectivity index (χ1v) is 10.4. The molecule has 162 valence electrons. The topological polar surface area (TPSA) is 110 Å². The van der Waals surface area contributed by atoms with E-state index in [4.69, 9.17) is 21.9 Å². The molecule has 0 aliphatic heterocycles. The van der Waals surface area contributed by atoms with E-state index in [9.17, 15) is 15.0 Å². The lowest BCUT2D eigenvalue weighted by Gasteiger charge is -2.11. The fraction of sp³-hybridized carbons (Fsp3) is 0.120. The summed E-state index contributed by atoms with van der Waals surface area (Å²) >= 11 is 5.58. The SMILES string of the molecule is Nc1ccccc1Cl.O=C(O)C1(c2ccc(-c3ccc(-c4oncc4O)cc3)cc2)CC1. The highest BCUT2D eigenvalue weighted by Crippen LogP contribution is 2.48. The summed E-state index contributed by atoms with van der Waals surface area (Å²) in [5.74, 6) is -0.393. The molecule has 0 saturated heterocycles. The molecule has 1 aliphatic rings. The molecular formula is C25H21ClN2O4. The van der Waals surface area contributed by atoms with Gasteiger partial charge in [0.15, 0.2) is 5.75 Å². The number of aromatic nitrogens is 1. The number of halogens is 1. The van der Waals surface area contributed by atoms with Gasteiger partial charge in [-0.05, 0) is 41.7 Å². The average molecular weight is 449 g/mol. The highest BCUT2D eigenvalue weighted by molar-refractivity contribution is 6.33. The van der Waals surface area contributed by atoms with Crippen LogP contribution in [0, 0.1) is 0 Å². The van der Waals surface area contributed by atoms with Crippen LogP contribution in [0.5, 0.6) is 5.75 Å². The van der Waals surface area contributed by atoms with Crippen LogP contribution in [-0.4, -0.2) is 21.3 Å². The van der Waals surface area contributed by atoms with Crippen LogP contribution in [0.4, 0.5) is 5.69 Å². The maximum absolute atomic E-state index is 11.4. The van der Waals surface area contributed by atoms with Gasteiger partial charge in [-0.2, -0.15) is 0 Å². The van der Waals surface area contributed by atoms with E-state index in [0.717, 1.165) is 22.3 Å². The molecule has 1 aromatic heterocycles. The Morgan fingerprint density at radius 3 is 1.94 bits per heavy atom. The monoisotopic (exact) mass is 448 g/mol. The average Bonchev–Trinajstić information content (AvgIpc) is 3.52. The zero-order valence-corrected chi connectivity index (χ0v) is 17.8. The van der Waals surface area contributed by atoms with Gasteiger partial charge in [0.25, 0.3) is 0 Å². The molecule has 4 N–H and O–H groups in total. The zero-order chi connectivity index (χ0) is 22.7. The van der Waals surface area contributed by atoms with Crippen LogP contribution in [0.3, 0.4) is 0 Å². The van der Waals surface area contributed by atoms with Crippen LogP contribution in [0.25, 0.3) is 22.5 Å². The Morgan fingerprint density at radius 1 is 0.938 bits per heavy atom. The molecule has 0 bridgehead atoms. The van der Waals surface area contributed by atoms with Crippen LogP contribution < -0.4 is 5.73 Å². The standard InChI is InChI=1S/C19H15NO4.C6H6ClN/c21-16-11-20-24-17(16)14-3-1-12(2-4-14)13-5-7-15(8-6-13)19(9-10-19)18(22)23;7-5-3-1-2-4-6(5)8/h1-8,11,21H,9-10H2,(H,22,23);1-4H,8H2. The second-order valence-corrected chi connectivity index (χ2v) is 8.01. The zero-order valence-electron chi connectivity index (χ0n) is 17.0. The number of anilines is 1. The van der Waals surface area contributed by atoms with Gasteiger partial charge in [0, 0.05) is 5.56 Å². The van der Waals surface area contributed by atoms with E-state index in [0.29, 0.717) is 29.3 Å². The number of hydrogen-bond donors (Lipinski definition) is 3. The van der Waals surface area contributed by atoms with Gasteiger partial charge in [-0.25, -0.2) is 0 Å². The molecule has 0 unspecified atom stereocenters. The van der Waals surface area contributed by atoms with E-state index >= 15 is 0 Å². The molecule has 0 amide bonds. The fourth-order valence-corrected chi connectivity index (χ4v) is 3.59. The molecular weight excluding hydrogens is 428 g/mol. The van der Waals surface area contributed by atoms with Crippen molar-refractivity contribution in [2.75, 3.05) is 5.73 Å². The number of carboxylic acids is 1. The smallest absolute Gasteiger partial charge is 0.314 e. The molecule has 1 saturated carbocycles. The molecule has 0 atom stereocenters. The highest BCUT2D eigenvalue weighted by atomic mass is 35.5. The Bertz CT molecular complexity index is 1210. The minimum atomic E-state index is -0.744.